The first kappa shape index (κ1) is 13.9. The van der Waals surface area contributed by atoms with E-state index in [2.05, 4.69) is 20.9 Å². The standard InChI is InChI=1S/C12H8BrN3O4/c13-8-5-10(16(18)19)12(15-6-8)20-9-3-1-2-7(4-9)11(14)17/h1-6H,(H2,14,17). The number of carbonyl (C=O) groups is 1. The highest BCUT2D eigenvalue weighted by molar-refractivity contribution is 9.10. The van der Waals surface area contributed by atoms with Crippen molar-refractivity contribution < 1.29 is 14.5 Å². The summed E-state index contributed by atoms with van der Waals surface area (Å²) in [5.41, 5.74) is 5.10. The topological polar surface area (TPSA) is 108 Å². The molecule has 0 spiro atoms. The van der Waals surface area contributed by atoms with E-state index < -0.39 is 10.8 Å². The molecule has 0 bridgehead atoms. The van der Waals surface area contributed by atoms with E-state index in [1.807, 2.05) is 0 Å². The molecule has 1 amide bonds. The summed E-state index contributed by atoms with van der Waals surface area (Å²) in [6.45, 7) is 0. The summed E-state index contributed by atoms with van der Waals surface area (Å²) in [4.78, 5) is 25.2. The van der Waals surface area contributed by atoms with Gasteiger partial charge in [0.1, 0.15) is 5.75 Å². The molecule has 0 saturated carbocycles. The second-order valence-electron chi connectivity index (χ2n) is 3.73. The highest BCUT2D eigenvalue weighted by Crippen LogP contribution is 2.31. The molecule has 8 heteroatoms. The van der Waals surface area contributed by atoms with Gasteiger partial charge in [0.05, 0.1) is 4.92 Å². The summed E-state index contributed by atoms with van der Waals surface area (Å²) in [5.74, 6) is -0.548. The lowest BCUT2D eigenvalue weighted by Gasteiger charge is -2.06. The average Bonchev–Trinajstić information content (AvgIpc) is 2.41. The zero-order valence-corrected chi connectivity index (χ0v) is 11.5. The molecule has 0 aliphatic rings. The molecule has 20 heavy (non-hydrogen) atoms. The van der Waals surface area contributed by atoms with E-state index in [-0.39, 0.29) is 22.9 Å². The van der Waals surface area contributed by atoms with Crippen LogP contribution in [0.25, 0.3) is 0 Å². The third kappa shape index (κ3) is 3.09. The van der Waals surface area contributed by atoms with Gasteiger partial charge in [-0.05, 0) is 34.1 Å². The summed E-state index contributed by atoms with van der Waals surface area (Å²) in [5, 5.41) is 10.9. The average molecular weight is 338 g/mol. The van der Waals surface area contributed by atoms with E-state index in [1.54, 1.807) is 12.1 Å². The van der Waals surface area contributed by atoms with Gasteiger partial charge in [0.15, 0.2) is 0 Å². The molecular formula is C12H8BrN3O4. The maximum absolute atomic E-state index is 11.1. The van der Waals surface area contributed by atoms with Gasteiger partial charge in [-0.15, -0.1) is 0 Å². The molecule has 0 saturated heterocycles. The first-order chi connectivity index (χ1) is 9.47. The second kappa shape index (κ2) is 5.66. The molecule has 1 aromatic heterocycles. The van der Waals surface area contributed by atoms with Crippen LogP contribution in [0.15, 0.2) is 41.0 Å². The number of nitrogens with two attached hydrogens (primary N) is 1. The molecule has 102 valence electrons. The number of hydrogen-bond donors (Lipinski definition) is 1. The van der Waals surface area contributed by atoms with Crippen LogP contribution in [0, 0.1) is 10.1 Å². The molecule has 2 N–H and O–H groups in total. The van der Waals surface area contributed by atoms with E-state index in [1.165, 1.54) is 24.4 Å². The smallest absolute Gasteiger partial charge is 0.332 e. The fourth-order valence-electron chi connectivity index (χ4n) is 1.45. The lowest BCUT2D eigenvalue weighted by atomic mass is 10.2. The number of pyridine rings is 1. The van der Waals surface area contributed by atoms with Gasteiger partial charge in [-0.25, -0.2) is 4.98 Å². The molecule has 1 aromatic carbocycles. The van der Waals surface area contributed by atoms with Crippen molar-refractivity contribution >= 4 is 27.5 Å². The predicted octanol–water partition coefficient (Wildman–Crippen LogP) is 2.64. The minimum atomic E-state index is -0.617. The first-order valence-corrected chi connectivity index (χ1v) is 6.14. The Labute approximate surface area is 121 Å². The lowest BCUT2D eigenvalue weighted by Crippen LogP contribution is -2.10. The highest BCUT2D eigenvalue weighted by atomic mass is 79.9. The van der Waals surface area contributed by atoms with Crippen LogP contribution in [-0.4, -0.2) is 15.8 Å². The molecule has 0 unspecified atom stereocenters. The van der Waals surface area contributed by atoms with Crippen molar-refractivity contribution in [2.75, 3.05) is 0 Å². The lowest BCUT2D eigenvalue weighted by molar-refractivity contribution is -0.386. The Balaban J connectivity index is 2.37. The van der Waals surface area contributed by atoms with Crippen LogP contribution in [0.3, 0.4) is 0 Å². The number of rotatable bonds is 4. The van der Waals surface area contributed by atoms with Gasteiger partial charge in [-0.2, -0.15) is 0 Å². The molecule has 2 rings (SSSR count). The fraction of sp³-hybridized carbons (Fsp3) is 0. The van der Waals surface area contributed by atoms with Crippen molar-refractivity contribution in [1.29, 1.82) is 0 Å². The van der Waals surface area contributed by atoms with Gasteiger partial charge in [-0.3, -0.25) is 14.9 Å². The predicted molar refractivity (Wildman–Crippen MR) is 73.6 cm³/mol. The largest absolute Gasteiger partial charge is 0.434 e. The number of carbonyl (C=O) groups excluding carboxylic acids is 1. The SMILES string of the molecule is NC(=O)c1cccc(Oc2ncc(Br)cc2[N+](=O)[O-])c1. The van der Waals surface area contributed by atoms with E-state index in [4.69, 9.17) is 10.5 Å². The van der Waals surface area contributed by atoms with Crippen LogP contribution in [-0.2, 0) is 0 Å². The van der Waals surface area contributed by atoms with Gasteiger partial charge >= 0.3 is 5.69 Å². The molecule has 0 aliphatic carbocycles. The third-order valence-corrected chi connectivity index (χ3v) is 2.76. The number of nitro groups is 1. The molecular weight excluding hydrogens is 330 g/mol. The minimum Gasteiger partial charge on any atom is -0.434 e. The molecule has 7 nitrogen and oxygen atoms in total. The van der Waals surface area contributed by atoms with Crippen LogP contribution in [0.4, 0.5) is 5.69 Å². The van der Waals surface area contributed by atoms with Crippen molar-refractivity contribution in [3.8, 4) is 11.6 Å². The monoisotopic (exact) mass is 337 g/mol. The van der Waals surface area contributed by atoms with Gasteiger partial charge in [0.25, 0.3) is 5.88 Å². The van der Waals surface area contributed by atoms with E-state index in [0.717, 1.165) is 0 Å². The number of benzene rings is 1. The summed E-state index contributed by atoms with van der Waals surface area (Å²) in [6.07, 6.45) is 1.38. The minimum absolute atomic E-state index is 0.167. The Morgan fingerprint density at radius 3 is 2.80 bits per heavy atom. The van der Waals surface area contributed by atoms with Gasteiger partial charge in [-0.1, -0.05) is 6.07 Å². The molecule has 0 radical (unpaired) electrons. The second-order valence-corrected chi connectivity index (χ2v) is 4.64. The van der Waals surface area contributed by atoms with Crippen LogP contribution in [0.5, 0.6) is 11.6 Å². The van der Waals surface area contributed by atoms with E-state index in [0.29, 0.717) is 4.47 Å². The van der Waals surface area contributed by atoms with Crippen molar-refractivity contribution in [2.24, 2.45) is 5.73 Å². The van der Waals surface area contributed by atoms with E-state index >= 15 is 0 Å². The Kier molecular flexibility index (Phi) is 3.94. The summed E-state index contributed by atoms with van der Waals surface area (Å²) in [6, 6.07) is 7.27. The Hall–Kier alpha value is -2.48. The number of primary amides is 1. The molecule has 0 atom stereocenters. The van der Waals surface area contributed by atoms with Crippen molar-refractivity contribution in [3.63, 3.8) is 0 Å². The Bertz CT molecular complexity index is 690. The van der Waals surface area contributed by atoms with Gasteiger partial charge < -0.3 is 10.5 Å². The highest BCUT2D eigenvalue weighted by Gasteiger charge is 2.18. The number of aromatic nitrogens is 1. The number of hydrogen-bond acceptors (Lipinski definition) is 5. The summed E-state index contributed by atoms with van der Waals surface area (Å²) in [7, 11) is 0. The fourth-order valence-corrected chi connectivity index (χ4v) is 1.77. The van der Waals surface area contributed by atoms with Gasteiger partial charge in [0, 0.05) is 22.3 Å². The molecule has 1 heterocycles. The maximum Gasteiger partial charge on any atom is 0.332 e. The van der Waals surface area contributed by atoms with Crippen LogP contribution < -0.4 is 10.5 Å². The van der Waals surface area contributed by atoms with Crippen LogP contribution in [0.1, 0.15) is 10.4 Å². The van der Waals surface area contributed by atoms with Crippen LogP contribution in [0.2, 0.25) is 0 Å². The zero-order valence-electron chi connectivity index (χ0n) is 9.95. The normalized spacial score (nSPS) is 10.1. The Morgan fingerprint density at radius 2 is 2.15 bits per heavy atom. The molecule has 0 aliphatic heterocycles. The third-order valence-electron chi connectivity index (χ3n) is 2.33. The maximum atomic E-state index is 11.1. The van der Waals surface area contributed by atoms with Crippen molar-refractivity contribution in [3.05, 3.63) is 56.7 Å². The zero-order chi connectivity index (χ0) is 14.7. The summed E-state index contributed by atoms with van der Waals surface area (Å²) < 4.78 is 5.80. The quantitative estimate of drug-likeness (QED) is 0.681. The van der Waals surface area contributed by atoms with Gasteiger partial charge in [0.2, 0.25) is 5.91 Å². The number of halogens is 1. The van der Waals surface area contributed by atoms with E-state index in [9.17, 15) is 14.9 Å². The van der Waals surface area contributed by atoms with Crippen molar-refractivity contribution in [2.45, 2.75) is 0 Å². The van der Waals surface area contributed by atoms with Crippen LogP contribution >= 0.6 is 15.9 Å². The molecule has 2 aromatic rings. The molecule has 0 fully saturated rings. The number of ether oxygens (including phenoxy) is 1. The summed E-state index contributed by atoms with van der Waals surface area (Å²) >= 11 is 3.10. The number of amides is 1. The number of nitrogens with zero attached hydrogens (tertiary/aromatic N) is 2. The Morgan fingerprint density at radius 1 is 1.40 bits per heavy atom. The van der Waals surface area contributed by atoms with Crippen molar-refractivity contribution in [1.82, 2.24) is 4.98 Å². The first-order valence-electron chi connectivity index (χ1n) is 5.35.